The van der Waals surface area contributed by atoms with Crippen LogP contribution in [-0.2, 0) is 4.79 Å². The van der Waals surface area contributed by atoms with Gasteiger partial charge in [0.25, 0.3) is 0 Å². The number of ether oxygens (including phenoxy) is 1. The molecule has 4 rings (SSSR count). The molecule has 1 aliphatic rings. The van der Waals surface area contributed by atoms with Crippen molar-refractivity contribution >= 4 is 28.7 Å². The van der Waals surface area contributed by atoms with Crippen molar-refractivity contribution < 1.29 is 9.53 Å². The second kappa shape index (κ2) is 9.00. The van der Waals surface area contributed by atoms with Crippen LogP contribution in [0, 0.1) is 0 Å². The van der Waals surface area contributed by atoms with Crippen LogP contribution in [0.25, 0.3) is 28.1 Å². The quantitative estimate of drug-likeness (QED) is 0.587. The summed E-state index contributed by atoms with van der Waals surface area (Å²) in [7, 11) is 1.69. The Morgan fingerprint density at radius 1 is 1.10 bits per heavy atom. The summed E-state index contributed by atoms with van der Waals surface area (Å²) in [6.07, 6.45) is 7.10. The van der Waals surface area contributed by atoms with Gasteiger partial charge in [-0.25, -0.2) is 9.97 Å². The van der Waals surface area contributed by atoms with Crippen molar-refractivity contribution in [2.75, 3.05) is 38.2 Å². The average molecular weight is 415 g/mol. The summed E-state index contributed by atoms with van der Waals surface area (Å²) in [5.74, 6) is 1.61. The third kappa shape index (κ3) is 4.01. The van der Waals surface area contributed by atoms with E-state index in [-0.39, 0.29) is 5.91 Å². The Hall–Kier alpha value is -3.67. The first-order valence-electron chi connectivity index (χ1n) is 10.4. The Balaban J connectivity index is 1.75. The molecule has 0 aliphatic carbocycles. The van der Waals surface area contributed by atoms with Crippen molar-refractivity contribution in [3.8, 4) is 16.9 Å². The van der Waals surface area contributed by atoms with Crippen molar-refractivity contribution in [1.29, 1.82) is 0 Å². The maximum atomic E-state index is 11.9. The summed E-state index contributed by atoms with van der Waals surface area (Å²) >= 11 is 0. The lowest BCUT2D eigenvalue weighted by atomic mass is 9.97. The number of benzene rings is 2. The van der Waals surface area contributed by atoms with Crippen LogP contribution in [0.3, 0.4) is 0 Å². The molecule has 0 atom stereocenters. The molecular weight excluding hydrogens is 388 g/mol. The number of fused-ring (bicyclic) bond motifs is 1. The highest BCUT2D eigenvalue weighted by atomic mass is 16.5. The minimum Gasteiger partial charge on any atom is -0.496 e. The minimum atomic E-state index is -0.0294. The summed E-state index contributed by atoms with van der Waals surface area (Å²) in [4.78, 5) is 25.0. The van der Waals surface area contributed by atoms with Gasteiger partial charge in [-0.1, -0.05) is 43.0 Å². The van der Waals surface area contributed by atoms with Gasteiger partial charge in [0.1, 0.15) is 17.9 Å². The highest BCUT2D eigenvalue weighted by molar-refractivity contribution is 5.96. The fourth-order valence-corrected chi connectivity index (χ4v) is 4.04. The zero-order chi connectivity index (χ0) is 21.8. The zero-order valence-electron chi connectivity index (χ0n) is 17.9. The molecule has 2 aromatic carbocycles. The number of aromatic nitrogens is 2. The number of hydrogen-bond donors (Lipinski definition) is 0. The van der Waals surface area contributed by atoms with E-state index in [0.29, 0.717) is 26.2 Å². The molecule has 0 unspecified atom stereocenters. The Kier molecular flexibility index (Phi) is 5.98. The van der Waals surface area contributed by atoms with Crippen molar-refractivity contribution in [3.63, 3.8) is 0 Å². The SMILES string of the molecule is C=CC(=O)N1CCN(c2ncnc3cc(-c4ccccc4/C=C/C)c(OC)cc23)CC1. The van der Waals surface area contributed by atoms with Crippen molar-refractivity contribution in [2.24, 2.45) is 0 Å². The van der Waals surface area contributed by atoms with Crippen molar-refractivity contribution in [3.05, 3.63) is 67.0 Å². The van der Waals surface area contributed by atoms with E-state index in [2.05, 4.69) is 45.7 Å². The summed E-state index contributed by atoms with van der Waals surface area (Å²) in [5.41, 5.74) is 4.08. The number of methoxy groups -OCH3 is 1. The molecule has 3 aromatic rings. The minimum absolute atomic E-state index is 0.0294. The highest BCUT2D eigenvalue weighted by Gasteiger charge is 2.23. The largest absolute Gasteiger partial charge is 0.496 e. The first-order chi connectivity index (χ1) is 15.2. The summed E-state index contributed by atoms with van der Waals surface area (Å²) < 4.78 is 5.78. The molecule has 1 aliphatic heterocycles. The van der Waals surface area contributed by atoms with Gasteiger partial charge in [0.05, 0.1) is 12.6 Å². The molecule has 1 saturated heterocycles. The smallest absolute Gasteiger partial charge is 0.246 e. The molecule has 0 N–H and O–H groups in total. The van der Waals surface area contributed by atoms with E-state index in [1.165, 1.54) is 6.08 Å². The number of anilines is 1. The first-order valence-corrected chi connectivity index (χ1v) is 10.4. The summed E-state index contributed by atoms with van der Waals surface area (Å²) in [6.45, 7) is 8.29. The first kappa shape index (κ1) is 20.6. The van der Waals surface area contributed by atoms with Gasteiger partial charge in [-0.2, -0.15) is 0 Å². The van der Waals surface area contributed by atoms with Gasteiger partial charge in [0.15, 0.2) is 0 Å². The van der Waals surface area contributed by atoms with E-state index < -0.39 is 0 Å². The summed E-state index contributed by atoms with van der Waals surface area (Å²) in [6, 6.07) is 12.3. The molecule has 1 aromatic heterocycles. The standard InChI is InChI=1S/C25H26N4O2/c1-4-8-18-9-6-7-10-19(18)20-15-22-21(16-23(20)31-3)25(27-17-26-22)29-13-11-28(12-14-29)24(30)5-2/h4-10,15-17H,2,11-14H2,1,3H3/b8-4+. The topological polar surface area (TPSA) is 58.6 Å². The molecule has 0 bridgehead atoms. The van der Waals surface area contributed by atoms with Crippen LogP contribution in [0.1, 0.15) is 12.5 Å². The van der Waals surface area contributed by atoms with Crippen LogP contribution >= 0.6 is 0 Å². The van der Waals surface area contributed by atoms with Gasteiger partial charge < -0.3 is 14.5 Å². The van der Waals surface area contributed by atoms with Crippen molar-refractivity contribution in [2.45, 2.75) is 6.92 Å². The van der Waals surface area contributed by atoms with Crippen LogP contribution in [-0.4, -0.2) is 54.1 Å². The monoisotopic (exact) mass is 414 g/mol. The Morgan fingerprint density at radius 3 is 2.58 bits per heavy atom. The molecule has 2 heterocycles. The van der Waals surface area contributed by atoms with Crippen LogP contribution < -0.4 is 9.64 Å². The number of allylic oxidation sites excluding steroid dienone is 1. The second-order valence-electron chi connectivity index (χ2n) is 7.37. The molecular formula is C25H26N4O2. The third-order valence-electron chi connectivity index (χ3n) is 5.60. The second-order valence-corrected chi connectivity index (χ2v) is 7.37. The van der Waals surface area contributed by atoms with Gasteiger partial charge in [-0.15, -0.1) is 0 Å². The van der Waals surface area contributed by atoms with Gasteiger partial charge >= 0.3 is 0 Å². The molecule has 0 saturated carbocycles. The summed E-state index contributed by atoms with van der Waals surface area (Å²) in [5, 5.41) is 0.940. The fraction of sp³-hybridized carbons (Fsp3) is 0.240. The van der Waals surface area contributed by atoms with Gasteiger partial charge in [0.2, 0.25) is 5.91 Å². The predicted octanol–water partition coefficient (Wildman–Crippen LogP) is 4.17. The van der Waals surface area contributed by atoms with Gasteiger partial charge in [-0.05, 0) is 36.3 Å². The number of amides is 1. The van der Waals surface area contributed by atoms with Gasteiger partial charge in [-0.3, -0.25) is 4.79 Å². The number of rotatable bonds is 5. The number of hydrogen-bond acceptors (Lipinski definition) is 5. The number of nitrogens with zero attached hydrogens (tertiary/aromatic N) is 4. The number of piperazine rings is 1. The zero-order valence-corrected chi connectivity index (χ0v) is 17.9. The maximum absolute atomic E-state index is 11.9. The van der Waals surface area contributed by atoms with E-state index in [1.807, 2.05) is 36.1 Å². The van der Waals surface area contributed by atoms with E-state index in [0.717, 1.165) is 39.2 Å². The lowest BCUT2D eigenvalue weighted by Gasteiger charge is -2.35. The third-order valence-corrected chi connectivity index (χ3v) is 5.60. The van der Waals surface area contributed by atoms with E-state index >= 15 is 0 Å². The average Bonchev–Trinajstić information content (AvgIpc) is 2.83. The van der Waals surface area contributed by atoms with E-state index in [1.54, 1.807) is 13.4 Å². The van der Waals surface area contributed by atoms with E-state index in [9.17, 15) is 4.79 Å². The lowest BCUT2D eigenvalue weighted by molar-refractivity contribution is -0.126. The maximum Gasteiger partial charge on any atom is 0.246 e. The Labute approximate surface area is 182 Å². The molecule has 0 spiro atoms. The number of carbonyl (C=O) groups excluding carboxylic acids is 1. The van der Waals surface area contributed by atoms with Crippen LogP contribution in [0.4, 0.5) is 5.82 Å². The van der Waals surface area contributed by atoms with Gasteiger partial charge in [0, 0.05) is 37.1 Å². The molecule has 31 heavy (non-hydrogen) atoms. The van der Waals surface area contributed by atoms with E-state index in [4.69, 9.17) is 4.74 Å². The van der Waals surface area contributed by atoms with Crippen molar-refractivity contribution in [1.82, 2.24) is 14.9 Å². The lowest BCUT2D eigenvalue weighted by Crippen LogP contribution is -2.48. The highest BCUT2D eigenvalue weighted by Crippen LogP contribution is 2.38. The molecule has 6 nitrogen and oxygen atoms in total. The van der Waals surface area contributed by atoms with Crippen LogP contribution in [0.2, 0.25) is 0 Å². The Morgan fingerprint density at radius 2 is 1.87 bits per heavy atom. The molecule has 6 heteroatoms. The fourth-order valence-electron chi connectivity index (χ4n) is 4.04. The molecule has 0 radical (unpaired) electrons. The molecule has 1 amide bonds. The van der Waals surface area contributed by atoms with Crippen LogP contribution in [0.5, 0.6) is 5.75 Å². The normalized spacial score (nSPS) is 14.3. The van der Waals surface area contributed by atoms with Crippen LogP contribution in [0.15, 0.2) is 61.5 Å². The number of carbonyl (C=O) groups is 1. The predicted molar refractivity (Wildman–Crippen MR) is 125 cm³/mol. The molecule has 158 valence electrons. The Bertz CT molecular complexity index is 1150. The molecule has 1 fully saturated rings.